The van der Waals surface area contributed by atoms with Crippen molar-refractivity contribution in [3.63, 3.8) is 0 Å². The van der Waals surface area contributed by atoms with E-state index in [2.05, 4.69) is 5.32 Å². The van der Waals surface area contributed by atoms with Gasteiger partial charge in [0.25, 0.3) is 0 Å². The van der Waals surface area contributed by atoms with Crippen molar-refractivity contribution in [1.29, 1.82) is 0 Å². The fourth-order valence-electron chi connectivity index (χ4n) is 1.45. The Morgan fingerprint density at radius 1 is 1.37 bits per heavy atom. The van der Waals surface area contributed by atoms with E-state index in [0.29, 0.717) is 10.9 Å². The molecule has 1 aromatic carbocycles. The van der Waals surface area contributed by atoms with E-state index in [0.717, 1.165) is 17.4 Å². The lowest BCUT2D eigenvalue weighted by Crippen LogP contribution is -2.01. The molecule has 0 aliphatic rings. The number of nitrogens with zero attached hydrogens (tertiary/aromatic N) is 1. The van der Waals surface area contributed by atoms with Crippen LogP contribution in [0.5, 0.6) is 0 Å². The first-order valence-corrected chi connectivity index (χ1v) is 6.28. The van der Waals surface area contributed by atoms with Crippen molar-refractivity contribution in [3.05, 3.63) is 55.9 Å². The largest absolute Gasteiger partial charge is 0.377 e. The zero-order valence-corrected chi connectivity index (χ0v) is 10.9. The number of anilines is 1. The number of hydrogen-bond donors (Lipinski definition) is 1. The molecule has 1 N–H and O–H groups in total. The van der Waals surface area contributed by atoms with E-state index in [1.165, 1.54) is 6.07 Å². The van der Waals surface area contributed by atoms with Crippen LogP contribution in [0.15, 0.2) is 24.3 Å². The van der Waals surface area contributed by atoms with Gasteiger partial charge in [0, 0.05) is 23.6 Å². The number of nitrogens with one attached hydrogen (secondary N) is 1. The van der Waals surface area contributed by atoms with E-state index in [1.54, 1.807) is 6.07 Å². The molecule has 0 saturated carbocycles. The number of halogens is 3. The molecule has 0 fully saturated rings. The molecule has 1 heterocycles. The molecule has 0 aliphatic heterocycles. The van der Waals surface area contributed by atoms with Gasteiger partial charge in [0.05, 0.1) is 15.6 Å². The van der Waals surface area contributed by atoms with E-state index in [4.69, 9.17) is 11.6 Å². The fourth-order valence-corrected chi connectivity index (χ4v) is 2.47. The van der Waals surface area contributed by atoms with Crippen LogP contribution in [0.4, 0.5) is 19.5 Å². The van der Waals surface area contributed by atoms with Crippen molar-refractivity contribution in [3.8, 4) is 0 Å². The van der Waals surface area contributed by atoms with Crippen LogP contribution >= 0.6 is 22.9 Å². The maximum atomic E-state index is 13.5. The van der Waals surface area contributed by atoms with E-state index in [-0.39, 0.29) is 22.3 Å². The average molecular weight is 305 g/mol. The molecule has 0 aliphatic carbocycles. The second-order valence-corrected chi connectivity index (χ2v) is 5.15. The average Bonchev–Trinajstić information content (AvgIpc) is 2.76. The number of benzene rings is 1. The monoisotopic (exact) mass is 304 g/mol. The van der Waals surface area contributed by atoms with Crippen LogP contribution in [0.3, 0.4) is 0 Å². The van der Waals surface area contributed by atoms with Gasteiger partial charge < -0.3 is 5.32 Å². The highest BCUT2D eigenvalue weighted by molar-refractivity contribution is 7.15. The minimum atomic E-state index is -0.809. The summed E-state index contributed by atoms with van der Waals surface area (Å²) in [4.78, 5) is 10.7. The van der Waals surface area contributed by atoms with E-state index in [1.807, 2.05) is 0 Å². The topological polar surface area (TPSA) is 55.2 Å². The summed E-state index contributed by atoms with van der Waals surface area (Å²) < 4.78 is 26.3. The van der Waals surface area contributed by atoms with E-state index in [9.17, 15) is 18.9 Å². The molecule has 2 aromatic rings. The van der Waals surface area contributed by atoms with Gasteiger partial charge in [-0.3, -0.25) is 10.1 Å². The molecule has 0 atom stereocenters. The van der Waals surface area contributed by atoms with Gasteiger partial charge in [-0.1, -0.05) is 22.9 Å². The summed E-state index contributed by atoms with van der Waals surface area (Å²) >= 11 is 6.68. The SMILES string of the molecule is O=[N+]([O-])c1ccc(CNc2c(F)cc(F)cc2Cl)s1. The van der Waals surface area contributed by atoms with Crippen LogP contribution in [0.25, 0.3) is 0 Å². The highest BCUT2D eigenvalue weighted by atomic mass is 35.5. The maximum Gasteiger partial charge on any atom is 0.324 e. The van der Waals surface area contributed by atoms with Crippen LogP contribution in [-0.4, -0.2) is 4.92 Å². The molecular formula is C11H7ClF2N2O2S. The lowest BCUT2D eigenvalue weighted by molar-refractivity contribution is -0.380. The van der Waals surface area contributed by atoms with Gasteiger partial charge in [0.2, 0.25) is 0 Å². The van der Waals surface area contributed by atoms with Crippen LogP contribution in [0, 0.1) is 21.7 Å². The van der Waals surface area contributed by atoms with Crippen LogP contribution in [0.2, 0.25) is 5.02 Å². The smallest absolute Gasteiger partial charge is 0.324 e. The Bertz CT molecular complexity index is 610. The Hall–Kier alpha value is -1.73. The van der Waals surface area contributed by atoms with Crippen molar-refractivity contribution in [2.75, 3.05) is 5.32 Å². The van der Waals surface area contributed by atoms with Gasteiger partial charge >= 0.3 is 5.00 Å². The highest BCUT2D eigenvalue weighted by Crippen LogP contribution is 2.29. The summed E-state index contributed by atoms with van der Waals surface area (Å²) in [5, 5.41) is 13.1. The van der Waals surface area contributed by atoms with Crippen molar-refractivity contribution >= 4 is 33.6 Å². The molecule has 0 spiro atoms. The van der Waals surface area contributed by atoms with Crippen molar-refractivity contribution < 1.29 is 13.7 Å². The molecule has 100 valence electrons. The minimum Gasteiger partial charge on any atom is -0.377 e. The zero-order chi connectivity index (χ0) is 14.0. The molecule has 2 rings (SSSR count). The summed E-state index contributed by atoms with van der Waals surface area (Å²) in [6, 6.07) is 4.63. The summed E-state index contributed by atoms with van der Waals surface area (Å²) in [6.07, 6.45) is 0. The summed E-state index contributed by atoms with van der Waals surface area (Å²) in [6.45, 7) is 0.167. The van der Waals surface area contributed by atoms with Crippen molar-refractivity contribution in [1.82, 2.24) is 0 Å². The summed E-state index contributed by atoms with van der Waals surface area (Å²) in [5.41, 5.74) is -0.0286. The molecule has 0 unspecified atom stereocenters. The second-order valence-electron chi connectivity index (χ2n) is 3.60. The molecule has 0 bridgehead atoms. The molecular weight excluding hydrogens is 298 g/mol. The number of hydrogen-bond acceptors (Lipinski definition) is 4. The summed E-state index contributed by atoms with van der Waals surface area (Å²) in [7, 11) is 0. The standard InChI is InChI=1S/C11H7ClF2N2O2S/c12-8-3-6(13)4-9(14)11(8)15-5-7-1-2-10(19-7)16(17)18/h1-4,15H,5H2. The Morgan fingerprint density at radius 3 is 2.68 bits per heavy atom. The Morgan fingerprint density at radius 2 is 2.11 bits per heavy atom. The Labute approximate surface area is 115 Å². The van der Waals surface area contributed by atoms with Gasteiger partial charge in [0.15, 0.2) is 5.82 Å². The predicted molar refractivity (Wildman–Crippen MR) is 69.7 cm³/mol. The number of thiophene rings is 1. The molecule has 0 saturated heterocycles. The zero-order valence-electron chi connectivity index (χ0n) is 9.32. The third kappa shape index (κ3) is 3.18. The van der Waals surface area contributed by atoms with Gasteiger partial charge in [-0.05, 0) is 12.1 Å². The highest BCUT2D eigenvalue weighted by Gasteiger charge is 2.12. The third-order valence-electron chi connectivity index (χ3n) is 2.27. The first-order valence-electron chi connectivity index (χ1n) is 5.09. The number of nitro groups is 1. The molecule has 0 amide bonds. The normalized spacial score (nSPS) is 10.5. The van der Waals surface area contributed by atoms with Crippen LogP contribution < -0.4 is 5.32 Å². The third-order valence-corrected chi connectivity index (χ3v) is 3.61. The van der Waals surface area contributed by atoms with Crippen molar-refractivity contribution in [2.24, 2.45) is 0 Å². The molecule has 1 aromatic heterocycles. The summed E-state index contributed by atoms with van der Waals surface area (Å²) in [5.74, 6) is -1.57. The lowest BCUT2D eigenvalue weighted by atomic mass is 10.3. The first kappa shape index (κ1) is 13.7. The van der Waals surface area contributed by atoms with Crippen LogP contribution in [0.1, 0.15) is 4.88 Å². The predicted octanol–water partition coefficient (Wildman–Crippen LogP) is 4.20. The second kappa shape index (κ2) is 5.50. The minimum absolute atomic E-state index is 0.00229. The van der Waals surface area contributed by atoms with Crippen molar-refractivity contribution in [2.45, 2.75) is 6.54 Å². The van der Waals surface area contributed by atoms with Gasteiger partial charge in [-0.25, -0.2) is 8.78 Å². The molecule has 0 radical (unpaired) electrons. The maximum absolute atomic E-state index is 13.5. The van der Waals surface area contributed by atoms with Gasteiger partial charge in [-0.2, -0.15) is 0 Å². The van der Waals surface area contributed by atoms with Gasteiger partial charge in [-0.15, -0.1) is 0 Å². The Kier molecular flexibility index (Phi) is 3.96. The molecule has 19 heavy (non-hydrogen) atoms. The quantitative estimate of drug-likeness (QED) is 0.680. The Balaban J connectivity index is 2.12. The van der Waals surface area contributed by atoms with E-state index < -0.39 is 16.6 Å². The van der Waals surface area contributed by atoms with Crippen LogP contribution in [-0.2, 0) is 6.54 Å². The number of rotatable bonds is 4. The molecule has 4 nitrogen and oxygen atoms in total. The van der Waals surface area contributed by atoms with Gasteiger partial charge in [0.1, 0.15) is 5.82 Å². The molecule has 8 heteroatoms. The van der Waals surface area contributed by atoms with E-state index >= 15 is 0 Å². The first-order chi connectivity index (χ1) is 8.97. The lowest BCUT2D eigenvalue weighted by Gasteiger charge is -2.08. The fraction of sp³-hybridized carbons (Fsp3) is 0.0909.